The Kier molecular flexibility index (Phi) is 3.97. The van der Waals surface area contributed by atoms with Crippen LogP contribution < -0.4 is 15.4 Å². The summed E-state index contributed by atoms with van der Waals surface area (Å²) in [5.74, 6) is 1.20. The Morgan fingerprint density at radius 2 is 2.05 bits per heavy atom. The molecule has 2 aromatic rings. The Bertz CT molecular complexity index is 584. The fourth-order valence-electron chi connectivity index (χ4n) is 1.58. The van der Waals surface area contributed by atoms with Gasteiger partial charge in [-0.05, 0) is 36.8 Å². The van der Waals surface area contributed by atoms with E-state index in [2.05, 4.69) is 15.6 Å². The third kappa shape index (κ3) is 3.70. The van der Waals surface area contributed by atoms with E-state index in [-0.39, 0.29) is 6.03 Å². The van der Waals surface area contributed by atoms with E-state index >= 15 is 0 Å². The molecule has 19 heavy (non-hydrogen) atoms. The van der Waals surface area contributed by atoms with E-state index < -0.39 is 0 Å². The van der Waals surface area contributed by atoms with Crippen molar-refractivity contribution in [2.75, 3.05) is 17.7 Å². The second kappa shape index (κ2) is 5.86. The van der Waals surface area contributed by atoms with Gasteiger partial charge in [0.2, 0.25) is 0 Å². The van der Waals surface area contributed by atoms with Crippen LogP contribution in [0.15, 0.2) is 42.6 Å². The highest BCUT2D eigenvalue weighted by Crippen LogP contribution is 2.16. The van der Waals surface area contributed by atoms with Crippen molar-refractivity contribution in [3.05, 3.63) is 48.2 Å². The SMILES string of the molecule is COc1cccc(NC(=O)Nc2cc(C)ccn2)c1. The van der Waals surface area contributed by atoms with E-state index in [9.17, 15) is 4.79 Å². The van der Waals surface area contributed by atoms with Gasteiger partial charge in [0.05, 0.1) is 7.11 Å². The number of hydrogen-bond donors (Lipinski definition) is 2. The number of rotatable bonds is 3. The van der Waals surface area contributed by atoms with Crippen LogP contribution in [0.5, 0.6) is 5.75 Å². The molecule has 0 saturated heterocycles. The van der Waals surface area contributed by atoms with E-state index in [1.165, 1.54) is 0 Å². The number of anilines is 2. The average molecular weight is 257 g/mol. The number of nitrogens with zero attached hydrogens (tertiary/aromatic N) is 1. The predicted molar refractivity (Wildman–Crippen MR) is 74.6 cm³/mol. The summed E-state index contributed by atoms with van der Waals surface area (Å²) in [6, 6.07) is 10.5. The fraction of sp³-hybridized carbons (Fsp3) is 0.143. The van der Waals surface area contributed by atoms with Crippen molar-refractivity contribution < 1.29 is 9.53 Å². The predicted octanol–water partition coefficient (Wildman–Crippen LogP) is 3.04. The molecule has 2 N–H and O–H groups in total. The number of aromatic nitrogens is 1. The van der Waals surface area contributed by atoms with Crippen molar-refractivity contribution in [3.63, 3.8) is 0 Å². The molecule has 1 aromatic carbocycles. The Balaban J connectivity index is 2.01. The van der Waals surface area contributed by atoms with Crippen molar-refractivity contribution in [1.82, 2.24) is 4.98 Å². The van der Waals surface area contributed by atoms with Crippen LogP contribution in [0.4, 0.5) is 16.3 Å². The first-order valence-electron chi connectivity index (χ1n) is 5.82. The minimum absolute atomic E-state index is 0.341. The number of nitrogens with one attached hydrogen (secondary N) is 2. The maximum absolute atomic E-state index is 11.8. The normalized spacial score (nSPS) is 9.79. The summed E-state index contributed by atoms with van der Waals surface area (Å²) in [6.07, 6.45) is 1.65. The van der Waals surface area contributed by atoms with Gasteiger partial charge < -0.3 is 10.1 Å². The molecule has 2 amide bonds. The van der Waals surface area contributed by atoms with E-state index in [1.807, 2.05) is 19.1 Å². The number of benzene rings is 1. The van der Waals surface area contributed by atoms with Gasteiger partial charge in [0.25, 0.3) is 0 Å². The van der Waals surface area contributed by atoms with Crippen molar-refractivity contribution in [2.45, 2.75) is 6.92 Å². The van der Waals surface area contributed by atoms with Crippen LogP contribution in [0.2, 0.25) is 0 Å². The van der Waals surface area contributed by atoms with Crippen LogP contribution in [0.3, 0.4) is 0 Å². The number of amides is 2. The van der Waals surface area contributed by atoms with Gasteiger partial charge in [-0.2, -0.15) is 0 Å². The quantitative estimate of drug-likeness (QED) is 0.888. The van der Waals surface area contributed by atoms with Crippen LogP contribution in [0.25, 0.3) is 0 Å². The molecule has 0 saturated carbocycles. The molecule has 1 heterocycles. The number of aryl methyl sites for hydroxylation is 1. The minimum atomic E-state index is -0.341. The highest BCUT2D eigenvalue weighted by molar-refractivity contribution is 5.99. The molecule has 0 bridgehead atoms. The van der Waals surface area contributed by atoms with Gasteiger partial charge in [0, 0.05) is 18.0 Å². The molecule has 0 aliphatic carbocycles. The smallest absolute Gasteiger partial charge is 0.324 e. The van der Waals surface area contributed by atoms with Gasteiger partial charge in [-0.1, -0.05) is 6.07 Å². The zero-order valence-corrected chi connectivity index (χ0v) is 10.8. The molecule has 1 aromatic heterocycles. The second-order valence-electron chi connectivity index (χ2n) is 4.03. The number of hydrogen-bond acceptors (Lipinski definition) is 3. The number of urea groups is 1. The molecule has 5 nitrogen and oxygen atoms in total. The lowest BCUT2D eigenvalue weighted by molar-refractivity contribution is 0.262. The molecule has 2 rings (SSSR count). The molecule has 0 unspecified atom stereocenters. The standard InChI is InChI=1S/C14H15N3O2/c1-10-6-7-15-13(8-10)17-14(18)16-11-4-3-5-12(9-11)19-2/h3-9H,1-2H3,(H2,15,16,17,18). The maximum atomic E-state index is 11.8. The van der Waals surface area contributed by atoms with Crippen molar-refractivity contribution in [1.29, 1.82) is 0 Å². The summed E-state index contributed by atoms with van der Waals surface area (Å²) >= 11 is 0. The first kappa shape index (κ1) is 12.9. The van der Waals surface area contributed by atoms with Gasteiger partial charge in [0.1, 0.15) is 11.6 Å². The zero-order valence-electron chi connectivity index (χ0n) is 10.8. The summed E-state index contributed by atoms with van der Waals surface area (Å²) in [5, 5.41) is 5.38. The molecule has 0 fully saturated rings. The van der Waals surface area contributed by atoms with Gasteiger partial charge >= 0.3 is 6.03 Å². The molecule has 0 radical (unpaired) electrons. The number of methoxy groups -OCH3 is 1. The molecule has 0 aliphatic rings. The Morgan fingerprint density at radius 1 is 1.21 bits per heavy atom. The van der Waals surface area contributed by atoms with E-state index in [0.717, 1.165) is 5.56 Å². The highest BCUT2D eigenvalue weighted by Gasteiger charge is 2.04. The summed E-state index contributed by atoms with van der Waals surface area (Å²) in [5.41, 5.74) is 1.69. The lowest BCUT2D eigenvalue weighted by atomic mass is 10.3. The van der Waals surface area contributed by atoms with Crippen molar-refractivity contribution in [2.24, 2.45) is 0 Å². The summed E-state index contributed by atoms with van der Waals surface area (Å²) in [4.78, 5) is 15.8. The highest BCUT2D eigenvalue weighted by atomic mass is 16.5. The Labute approximate surface area is 111 Å². The number of carbonyl (C=O) groups is 1. The van der Waals surface area contributed by atoms with Crippen LogP contribution in [-0.4, -0.2) is 18.1 Å². The summed E-state index contributed by atoms with van der Waals surface area (Å²) in [7, 11) is 1.58. The Morgan fingerprint density at radius 3 is 2.79 bits per heavy atom. The second-order valence-corrected chi connectivity index (χ2v) is 4.03. The summed E-state index contributed by atoms with van der Waals surface area (Å²) < 4.78 is 5.09. The number of pyridine rings is 1. The van der Waals surface area contributed by atoms with Gasteiger partial charge in [-0.25, -0.2) is 9.78 Å². The lowest BCUT2D eigenvalue weighted by Crippen LogP contribution is -2.20. The molecule has 5 heteroatoms. The largest absolute Gasteiger partial charge is 0.497 e. The number of carbonyl (C=O) groups excluding carboxylic acids is 1. The summed E-state index contributed by atoms with van der Waals surface area (Å²) in [6.45, 7) is 1.94. The number of ether oxygens (including phenoxy) is 1. The molecule has 0 spiro atoms. The monoisotopic (exact) mass is 257 g/mol. The van der Waals surface area contributed by atoms with Crippen LogP contribution >= 0.6 is 0 Å². The molecule has 0 atom stereocenters. The third-order valence-corrected chi connectivity index (χ3v) is 2.48. The topological polar surface area (TPSA) is 63.2 Å². The molecule has 0 aliphatic heterocycles. The van der Waals surface area contributed by atoms with E-state index in [0.29, 0.717) is 17.3 Å². The average Bonchev–Trinajstić information content (AvgIpc) is 2.38. The fourth-order valence-corrected chi connectivity index (χ4v) is 1.58. The van der Waals surface area contributed by atoms with Gasteiger partial charge in [0.15, 0.2) is 0 Å². The van der Waals surface area contributed by atoms with Crippen LogP contribution in [0.1, 0.15) is 5.56 Å². The van der Waals surface area contributed by atoms with Gasteiger partial charge in [-0.15, -0.1) is 0 Å². The van der Waals surface area contributed by atoms with Crippen molar-refractivity contribution in [3.8, 4) is 5.75 Å². The molecular formula is C14H15N3O2. The van der Waals surface area contributed by atoms with Crippen LogP contribution in [-0.2, 0) is 0 Å². The maximum Gasteiger partial charge on any atom is 0.324 e. The Hall–Kier alpha value is -2.56. The first-order chi connectivity index (χ1) is 9.17. The first-order valence-corrected chi connectivity index (χ1v) is 5.82. The third-order valence-electron chi connectivity index (χ3n) is 2.48. The van der Waals surface area contributed by atoms with E-state index in [1.54, 1.807) is 37.6 Å². The minimum Gasteiger partial charge on any atom is -0.497 e. The molecular weight excluding hydrogens is 242 g/mol. The lowest BCUT2D eigenvalue weighted by Gasteiger charge is -2.08. The van der Waals surface area contributed by atoms with Gasteiger partial charge in [-0.3, -0.25) is 5.32 Å². The molecule has 98 valence electrons. The van der Waals surface area contributed by atoms with Crippen molar-refractivity contribution >= 4 is 17.5 Å². The zero-order chi connectivity index (χ0) is 13.7. The van der Waals surface area contributed by atoms with Crippen LogP contribution in [0, 0.1) is 6.92 Å². The van der Waals surface area contributed by atoms with E-state index in [4.69, 9.17) is 4.74 Å².